The molecule has 1 aliphatic carbocycles. The minimum Gasteiger partial charge on any atom is -0.379 e. The van der Waals surface area contributed by atoms with Gasteiger partial charge < -0.3 is 20.1 Å². The van der Waals surface area contributed by atoms with Crippen molar-refractivity contribution in [3.05, 3.63) is 0 Å². The smallest absolute Gasteiger partial charge is 0.223 e. The van der Waals surface area contributed by atoms with E-state index in [2.05, 4.69) is 10.6 Å². The fourth-order valence-electron chi connectivity index (χ4n) is 2.85. The molecule has 2 amide bonds. The second-order valence-corrected chi connectivity index (χ2v) is 7.01. The van der Waals surface area contributed by atoms with Gasteiger partial charge in [-0.3, -0.25) is 14.4 Å². The number of rotatable bonds is 12. The molecule has 0 atom stereocenters. The van der Waals surface area contributed by atoms with Crippen LogP contribution in [-0.2, 0) is 23.9 Å². The Kier molecular flexibility index (Phi) is 21.3. The van der Waals surface area contributed by atoms with Gasteiger partial charge in [0, 0.05) is 30.9 Å². The average molecular weight is 431 g/mol. The normalized spacial score (nSPS) is 17.7. The molecule has 1 aliphatic rings. The minimum atomic E-state index is -0.0654. The summed E-state index contributed by atoms with van der Waals surface area (Å²) in [4.78, 5) is 35.6. The highest BCUT2D eigenvalue weighted by molar-refractivity contribution is 5.88. The van der Waals surface area contributed by atoms with Crippen molar-refractivity contribution >= 4 is 17.6 Å². The van der Waals surface area contributed by atoms with Gasteiger partial charge in [-0.1, -0.05) is 41.5 Å². The van der Waals surface area contributed by atoms with E-state index in [1.807, 2.05) is 48.5 Å². The van der Waals surface area contributed by atoms with Gasteiger partial charge in [0.05, 0.1) is 26.4 Å². The fourth-order valence-corrected chi connectivity index (χ4v) is 2.85. The van der Waals surface area contributed by atoms with Crippen LogP contribution in [0.3, 0.4) is 0 Å². The molecule has 0 aromatic heterocycles. The molecule has 1 fully saturated rings. The number of Topliss-reactive ketones (excluding diaryl/α,β-unsaturated/α-hetero) is 1. The van der Waals surface area contributed by atoms with E-state index in [0.29, 0.717) is 32.8 Å². The third kappa shape index (κ3) is 15.4. The van der Waals surface area contributed by atoms with Crippen LogP contribution in [0.5, 0.6) is 0 Å². The molecular weight excluding hydrogens is 384 g/mol. The summed E-state index contributed by atoms with van der Waals surface area (Å²) >= 11 is 0. The number of amides is 2. The molecular formula is C23H46N2O5. The van der Waals surface area contributed by atoms with Crippen LogP contribution in [0.2, 0.25) is 0 Å². The summed E-state index contributed by atoms with van der Waals surface area (Å²) in [5, 5.41) is 5.74. The second-order valence-electron chi connectivity index (χ2n) is 7.01. The van der Waals surface area contributed by atoms with Gasteiger partial charge >= 0.3 is 0 Å². The zero-order chi connectivity index (χ0) is 23.4. The van der Waals surface area contributed by atoms with E-state index in [0.717, 1.165) is 25.7 Å². The fraction of sp³-hybridized carbons (Fsp3) is 0.870. The van der Waals surface area contributed by atoms with Crippen molar-refractivity contribution in [1.29, 1.82) is 0 Å². The van der Waals surface area contributed by atoms with Crippen molar-refractivity contribution in [2.45, 2.75) is 86.6 Å². The van der Waals surface area contributed by atoms with Gasteiger partial charge in [0.25, 0.3) is 0 Å². The van der Waals surface area contributed by atoms with Gasteiger partial charge in [0.15, 0.2) is 5.78 Å². The Labute approximate surface area is 184 Å². The van der Waals surface area contributed by atoms with E-state index in [4.69, 9.17) is 9.47 Å². The Morgan fingerprint density at radius 2 is 1.47 bits per heavy atom. The topological polar surface area (TPSA) is 93.7 Å². The lowest BCUT2D eigenvalue weighted by atomic mass is 9.85. The maximum atomic E-state index is 12.1. The summed E-state index contributed by atoms with van der Waals surface area (Å²) in [6.07, 6.45) is 3.37. The molecule has 30 heavy (non-hydrogen) atoms. The molecule has 0 aliphatic heterocycles. The number of ketones is 1. The van der Waals surface area contributed by atoms with Gasteiger partial charge in [-0.2, -0.15) is 0 Å². The van der Waals surface area contributed by atoms with E-state index in [1.54, 1.807) is 0 Å². The van der Waals surface area contributed by atoms with Gasteiger partial charge in [0.2, 0.25) is 11.8 Å². The maximum absolute atomic E-state index is 12.1. The molecule has 0 bridgehead atoms. The summed E-state index contributed by atoms with van der Waals surface area (Å²) in [5.74, 6) is -0.152. The Hall–Kier alpha value is -1.47. The molecule has 1 saturated carbocycles. The number of ether oxygens (including phenoxy) is 2. The number of hydrogen-bond acceptors (Lipinski definition) is 5. The van der Waals surface area contributed by atoms with Crippen molar-refractivity contribution in [2.75, 3.05) is 33.0 Å². The first-order chi connectivity index (χ1) is 14.4. The number of carbonyl (C=O) groups excluding carboxylic acids is 3. The lowest BCUT2D eigenvalue weighted by Gasteiger charge is -2.28. The second kappa shape index (κ2) is 20.8. The third-order valence-corrected chi connectivity index (χ3v) is 4.59. The van der Waals surface area contributed by atoms with E-state index in [1.165, 1.54) is 0 Å². The van der Waals surface area contributed by atoms with E-state index < -0.39 is 0 Å². The SMILES string of the molecule is CC.CC.CCOCCOCCC(=O)NC1CCC(C(=O)NCC(=O)C(C)C)CC1. The molecule has 0 radical (unpaired) electrons. The molecule has 1 rings (SSSR count). The van der Waals surface area contributed by atoms with E-state index in [9.17, 15) is 14.4 Å². The highest BCUT2D eigenvalue weighted by atomic mass is 16.5. The van der Waals surface area contributed by atoms with Crippen LogP contribution in [0.4, 0.5) is 0 Å². The first kappa shape index (κ1) is 30.7. The van der Waals surface area contributed by atoms with E-state index >= 15 is 0 Å². The summed E-state index contributed by atoms with van der Waals surface area (Å²) in [6, 6.07) is 0.118. The van der Waals surface area contributed by atoms with Crippen molar-refractivity contribution in [3.63, 3.8) is 0 Å². The van der Waals surface area contributed by atoms with Crippen LogP contribution in [0.25, 0.3) is 0 Å². The number of hydrogen-bond donors (Lipinski definition) is 2. The van der Waals surface area contributed by atoms with Crippen molar-refractivity contribution in [1.82, 2.24) is 10.6 Å². The predicted molar refractivity (Wildman–Crippen MR) is 121 cm³/mol. The predicted octanol–water partition coefficient (Wildman–Crippen LogP) is 3.50. The average Bonchev–Trinajstić information content (AvgIpc) is 2.77. The first-order valence-corrected chi connectivity index (χ1v) is 11.7. The van der Waals surface area contributed by atoms with Crippen LogP contribution in [0.15, 0.2) is 0 Å². The van der Waals surface area contributed by atoms with Crippen LogP contribution in [0, 0.1) is 11.8 Å². The zero-order valence-corrected chi connectivity index (χ0v) is 20.3. The Morgan fingerprint density at radius 1 is 0.900 bits per heavy atom. The summed E-state index contributed by atoms with van der Waals surface area (Å²) in [5.41, 5.74) is 0. The summed E-state index contributed by atoms with van der Waals surface area (Å²) in [7, 11) is 0. The van der Waals surface area contributed by atoms with Crippen LogP contribution in [-0.4, -0.2) is 56.6 Å². The highest BCUT2D eigenvalue weighted by Gasteiger charge is 2.27. The third-order valence-electron chi connectivity index (χ3n) is 4.59. The van der Waals surface area contributed by atoms with Crippen molar-refractivity contribution in [2.24, 2.45) is 11.8 Å². The molecule has 0 aromatic carbocycles. The summed E-state index contributed by atoms with van der Waals surface area (Å²) < 4.78 is 10.5. The Balaban J connectivity index is 0. The minimum absolute atomic E-state index is 0.0168. The van der Waals surface area contributed by atoms with Gasteiger partial charge in [-0.15, -0.1) is 0 Å². The molecule has 0 heterocycles. The van der Waals surface area contributed by atoms with Gasteiger partial charge in [-0.25, -0.2) is 0 Å². The van der Waals surface area contributed by atoms with Gasteiger partial charge in [0.1, 0.15) is 0 Å². The molecule has 7 heteroatoms. The highest BCUT2D eigenvalue weighted by Crippen LogP contribution is 2.24. The monoisotopic (exact) mass is 430 g/mol. The standard InChI is InChI=1S/C19H34N2O5.2C2H6/c1-4-25-11-12-26-10-9-18(23)21-16-7-5-15(6-8-16)19(24)20-13-17(22)14(2)3;2*1-2/h14-16H,4-13H2,1-3H3,(H,20,24)(H,21,23);2*1-2H3. The van der Waals surface area contributed by atoms with Crippen molar-refractivity contribution in [3.8, 4) is 0 Å². The molecule has 2 N–H and O–H groups in total. The molecule has 178 valence electrons. The molecule has 0 saturated heterocycles. The lowest BCUT2D eigenvalue weighted by Crippen LogP contribution is -2.42. The lowest BCUT2D eigenvalue weighted by molar-refractivity contribution is -0.129. The number of nitrogens with one attached hydrogen (secondary N) is 2. The van der Waals surface area contributed by atoms with Crippen molar-refractivity contribution < 1.29 is 23.9 Å². The van der Waals surface area contributed by atoms with Gasteiger partial charge in [-0.05, 0) is 32.6 Å². The van der Waals surface area contributed by atoms with Crippen LogP contribution < -0.4 is 10.6 Å². The molecule has 0 aromatic rings. The molecule has 0 spiro atoms. The molecule has 7 nitrogen and oxygen atoms in total. The Bertz CT molecular complexity index is 447. The molecule has 0 unspecified atom stereocenters. The maximum Gasteiger partial charge on any atom is 0.223 e. The Morgan fingerprint density at radius 3 is 2.00 bits per heavy atom. The van der Waals surface area contributed by atoms with Crippen LogP contribution in [0.1, 0.15) is 80.6 Å². The quantitative estimate of drug-likeness (QED) is 0.462. The first-order valence-electron chi connectivity index (χ1n) is 11.7. The zero-order valence-electron chi connectivity index (χ0n) is 20.3. The van der Waals surface area contributed by atoms with E-state index in [-0.39, 0.29) is 42.0 Å². The summed E-state index contributed by atoms with van der Waals surface area (Å²) in [6.45, 7) is 15.8. The largest absolute Gasteiger partial charge is 0.379 e. The van der Waals surface area contributed by atoms with Crippen LogP contribution >= 0.6 is 0 Å². The number of carbonyl (C=O) groups is 3.